The number of aryl methyl sites for hydroxylation is 1. The molecule has 0 spiro atoms. The van der Waals surface area contributed by atoms with Crippen LogP contribution in [0.2, 0.25) is 0 Å². The topological polar surface area (TPSA) is 70.6 Å². The van der Waals surface area contributed by atoms with Crippen molar-refractivity contribution in [2.24, 2.45) is 11.0 Å². The van der Waals surface area contributed by atoms with Crippen LogP contribution >= 0.6 is 0 Å². The standard InChI is InChI=1S/C16H23N3O2/c1-10(2)16(21)19-18-12(4)9-15(20)17-14-8-6-7-11(3)13(14)5/h6-8,10H,9H2,1-5H3,(H,17,20)(H,19,21)/b18-12+. The number of carbonyl (C=O) groups excluding carboxylic acids is 2. The van der Waals surface area contributed by atoms with Gasteiger partial charge in [0.1, 0.15) is 0 Å². The van der Waals surface area contributed by atoms with Crippen molar-refractivity contribution in [1.29, 1.82) is 0 Å². The molecule has 114 valence electrons. The molecule has 5 nitrogen and oxygen atoms in total. The molecule has 0 radical (unpaired) electrons. The van der Waals surface area contributed by atoms with E-state index in [9.17, 15) is 9.59 Å². The van der Waals surface area contributed by atoms with Crippen LogP contribution in [0.5, 0.6) is 0 Å². The highest BCUT2D eigenvalue weighted by molar-refractivity contribution is 6.06. The molecular formula is C16H23N3O2. The summed E-state index contributed by atoms with van der Waals surface area (Å²) in [4.78, 5) is 23.3. The van der Waals surface area contributed by atoms with Gasteiger partial charge in [0.05, 0.1) is 6.42 Å². The highest BCUT2D eigenvalue weighted by Gasteiger charge is 2.09. The maximum Gasteiger partial charge on any atom is 0.242 e. The molecule has 0 saturated heterocycles. The van der Waals surface area contributed by atoms with E-state index >= 15 is 0 Å². The molecule has 0 bridgehead atoms. The number of carbonyl (C=O) groups is 2. The predicted molar refractivity (Wildman–Crippen MR) is 85.3 cm³/mol. The maximum atomic E-state index is 12.0. The Labute approximate surface area is 125 Å². The van der Waals surface area contributed by atoms with Crippen molar-refractivity contribution >= 4 is 23.2 Å². The molecule has 0 atom stereocenters. The van der Waals surface area contributed by atoms with Crippen LogP contribution in [0, 0.1) is 19.8 Å². The lowest BCUT2D eigenvalue weighted by Crippen LogP contribution is -2.25. The summed E-state index contributed by atoms with van der Waals surface area (Å²) in [6.45, 7) is 9.25. The van der Waals surface area contributed by atoms with Crippen molar-refractivity contribution in [2.75, 3.05) is 5.32 Å². The van der Waals surface area contributed by atoms with E-state index in [0.29, 0.717) is 5.71 Å². The monoisotopic (exact) mass is 289 g/mol. The van der Waals surface area contributed by atoms with Gasteiger partial charge in [-0.2, -0.15) is 5.10 Å². The Morgan fingerprint density at radius 2 is 1.90 bits per heavy atom. The van der Waals surface area contributed by atoms with Gasteiger partial charge >= 0.3 is 0 Å². The highest BCUT2D eigenvalue weighted by atomic mass is 16.2. The smallest absolute Gasteiger partial charge is 0.242 e. The zero-order chi connectivity index (χ0) is 16.0. The van der Waals surface area contributed by atoms with Crippen LogP contribution < -0.4 is 10.7 Å². The fourth-order valence-corrected chi connectivity index (χ4v) is 1.63. The number of hydrogen-bond donors (Lipinski definition) is 2. The minimum atomic E-state index is -0.163. The highest BCUT2D eigenvalue weighted by Crippen LogP contribution is 2.18. The van der Waals surface area contributed by atoms with Gasteiger partial charge in [-0.15, -0.1) is 0 Å². The lowest BCUT2D eigenvalue weighted by atomic mass is 10.1. The van der Waals surface area contributed by atoms with Crippen molar-refractivity contribution < 1.29 is 9.59 Å². The molecule has 0 fully saturated rings. The van der Waals surface area contributed by atoms with Crippen LogP contribution in [0.3, 0.4) is 0 Å². The number of rotatable bonds is 5. The van der Waals surface area contributed by atoms with Gasteiger partial charge in [0.25, 0.3) is 0 Å². The van der Waals surface area contributed by atoms with Crippen LogP contribution in [0.25, 0.3) is 0 Å². The van der Waals surface area contributed by atoms with Gasteiger partial charge in [0.2, 0.25) is 11.8 Å². The predicted octanol–water partition coefficient (Wildman–Crippen LogP) is 2.78. The minimum Gasteiger partial charge on any atom is -0.326 e. The fourth-order valence-electron chi connectivity index (χ4n) is 1.63. The molecule has 2 N–H and O–H groups in total. The Hall–Kier alpha value is -2.17. The van der Waals surface area contributed by atoms with E-state index in [1.807, 2.05) is 32.0 Å². The van der Waals surface area contributed by atoms with Crippen LogP contribution in [0.4, 0.5) is 5.69 Å². The average Bonchev–Trinajstić information content (AvgIpc) is 2.41. The molecule has 0 unspecified atom stereocenters. The SMILES string of the molecule is C/C(CC(=O)Nc1cccc(C)c1C)=N\NC(=O)C(C)C. The van der Waals surface area contributed by atoms with Gasteiger partial charge in [-0.25, -0.2) is 5.43 Å². The second kappa shape index (κ2) is 7.57. The normalized spacial score (nSPS) is 11.4. The Kier molecular flexibility index (Phi) is 6.09. The Morgan fingerprint density at radius 1 is 1.24 bits per heavy atom. The molecular weight excluding hydrogens is 266 g/mol. The lowest BCUT2D eigenvalue weighted by Gasteiger charge is -2.10. The summed E-state index contributed by atoms with van der Waals surface area (Å²) >= 11 is 0. The summed E-state index contributed by atoms with van der Waals surface area (Å²) in [7, 11) is 0. The second-order valence-corrected chi connectivity index (χ2v) is 5.45. The Morgan fingerprint density at radius 3 is 2.52 bits per heavy atom. The molecule has 1 aromatic carbocycles. The van der Waals surface area contributed by atoms with E-state index in [4.69, 9.17) is 0 Å². The molecule has 21 heavy (non-hydrogen) atoms. The zero-order valence-electron chi connectivity index (χ0n) is 13.3. The van der Waals surface area contributed by atoms with Crippen LogP contribution in [0.1, 0.15) is 38.3 Å². The summed E-state index contributed by atoms with van der Waals surface area (Å²) in [6, 6.07) is 5.77. The first kappa shape index (κ1) is 16.9. The van der Waals surface area contributed by atoms with Gasteiger partial charge in [-0.05, 0) is 38.0 Å². The van der Waals surface area contributed by atoms with E-state index in [0.717, 1.165) is 16.8 Å². The molecule has 0 heterocycles. The van der Waals surface area contributed by atoms with Crippen molar-refractivity contribution in [2.45, 2.75) is 41.0 Å². The third kappa shape index (κ3) is 5.38. The summed E-state index contributed by atoms with van der Waals surface area (Å²) in [6.07, 6.45) is 0.145. The second-order valence-electron chi connectivity index (χ2n) is 5.45. The zero-order valence-corrected chi connectivity index (χ0v) is 13.3. The number of hydrazone groups is 1. The van der Waals surface area contributed by atoms with Gasteiger partial charge < -0.3 is 5.32 Å². The first-order valence-electron chi connectivity index (χ1n) is 7.00. The Bertz CT molecular complexity index is 563. The minimum absolute atomic E-state index is 0.134. The van der Waals surface area contributed by atoms with Gasteiger partial charge in [-0.3, -0.25) is 9.59 Å². The van der Waals surface area contributed by atoms with Gasteiger partial charge in [0.15, 0.2) is 0 Å². The van der Waals surface area contributed by atoms with E-state index < -0.39 is 0 Å². The number of amides is 2. The Balaban J connectivity index is 2.59. The largest absolute Gasteiger partial charge is 0.326 e. The number of anilines is 1. The average molecular weight is 289 g/mol. The van der Waals surface area contributed by atoms with Gasteiger partial charge in [-0.1, -0.05) is 26.0 Å². The number of hydrogen-bond acceptors (Lipinski definition) is 3. The molecule has 0 aliphatic rings. The quantitative estimate of drug-likeness (QED) is 0.646. The summed E-state index contributed by atoms with van der Waals surface area (Å²) < 4.78 is 0. The van der Waals surface area contributed by atoms with E-state index in [-0.39, 0.29) is 24.2 Å². The summed E-state index contributed by atoms with van der Waals surface area (Å²) in [5.41, 5.74) is 5.98. The maximum absolute atomic E-state index is 12.0. The molecule has 0 aliphatic carbocycles. The lowest BCUT2D eigenvalue weighted by molar-refractivity contribution is -0.124. The third-order valence-corrected chi connectivity index (χ3v) is 3.18. The number of nitrogens with one attached hydrogen (secondary N) is 2. The van der Waals surface area contributed by atoms with E-state index in [1.165, 1.54) is 0 Å². The van der Waals surface area contributed by atoms with Crippen molar-refractivity contribution in [1.82, 2.24) is 5.43 Å². The molecule has 0 aliphatic heterocycles. The van der Waals surface area contributed by atoms with Crippen molar-refractivity contribution in [3.63, 3.8) is 0 Å². The molecule has 0 aromatic heterocycles. The van der Waals surface area contributed by atoms with Crippen LogP contribution in [-0.4, -0.2) is 17.5 Å². The molecule has 1 rings (SSSR count). The van der Waals surface area contributed by atoms with Crippen molar-refractivity contribution in [3.05, 3.63) is 29.3 Å². The molecule has 1 aromatic rings. The summed E-state index contributed by atoms with van der Waals surface area (Å²) in [5, 5.41) is 6.78. The third-order valence-electron chi connectivity index (χ3n) is 3.18. The van der Waals surface area contributed by atoms with Crippen LogP contribution in [-0.2, 0) is 9.59 Å². The van der Waals surface area contributed by atoms with Crippen molar-refractivity contribution in [3.8, 4) is 0 Å². The number of benzene rings is 1. The number of nitrogens with zero attached hydrogens (tertiary/aromatic N) is 1. The van der Waals surface area contributed by atoms with E-state index in [1.54, 1.807) is 20.8 Å². The fraction of sp³-hybridized carbons (Fsp3) is 0.438. The summed E-state index contributed by atoms with van der Waals surface area (Å²) in [5.74, 6) is -0.446. The first-order valence-corrected chi connectivity index (χ1v) is 7.00. The first-order chi connectivity index (χ1) is 9.81. The molecule has 0 saturated carbocycles. The molecule has 5 heteroatoms. The molecule has 2 amide bonds. The van der Waals surface area contributed by atoms with Gasteiger partial charge in [0, 0.05) is 17.3 Å². The van der Waals surface area contributed by atoms with Crippen LogP contribution in [0.15, 0.2) is 23.3 Å². The van der Waals surface area contributed by atoms with E-state index in [2.05, 4.69) is 15.8 Å².